The summed E-state index contributed by atoms with van der Waals surface area (Å²) >= 11 is 0. The Bertz CT molecular complexity index is 539. The van der Waals surface area contributed by atoms with Gasteiger partial charge in [-0.2, -0.15) is 4.31 Å². The summed E-state index contributed by atoms with van der Waals surface area (Å²) < 4.78 is 26.6. The molecule has 2 N–H and O–H groups in total. The summed E-state index contributed by atoms with van der Waals surface area (Å²) in [6.45, 7) is 5.96. The fourth-order valence-corrected chi connectivity index (χ4v) is 4.09. The molecule has 0 spiro atoms. The molecule has 0 saturated carbocycles. The third kappa shape index (κ3) is 3.05. The highest BCUT2D eigenvalue weighted by molar-refractivity contribution is 7.89. The van der Waals surface area contributed by atoms with Crippen LogP contribution in [-0.4, -0.2) is 32.4 Å². The molecule has 1 saturated heterocycles. The molecule has 5 heteroatoms. The van der Waals surface area contributed by atoms with E-state index in [-0.39, 0.29) is 0 Å². The zero-order valence-corrected chi connectivity index (χ0v) is 13.1. The quantitative estimate of drug-likeness (QED) is 0.905. The predicted molar refractivity (Wildman–Crippen MR) is 81.1 cm³/mol. The predicted octanol–water partition coefficient (Wildman–Crippen LogP) is 2.17. The highest BCUT2D eigenvalue weighted by Gasteiger charge is 2.31. The molecule has 1 aliphatic rings. The van der Waals surface area contributed by atoms with Crippen LogP contribution in [0, 0.1) is 5.92 Å². The molecule has 0 aliphatic carbocycles. The lowest BCUT2D eigenvalue weighted by Gasteiger charge is -2.17. The van der Waals surface area contributed by atoms with E-state index in [2.05, 4.69) is 13.8 Å². The average molecular weight is 296 g/mol. The largest absolute Gasteiger partial charge is 0.330 e. The standard InChI is InChI=1S/C15H24N2O2S/c1-3-12(2)14-4-6-15(7-5-14)20(18,19)17-9-8-13(10-16)11-17/h4-7,12-13H,3,8-11,16H2,1-2H3. The fraction of sp³-hybridized carbons (Fsp3) is 0.600. The topological polar surface area (TPSA) is 63.4 Å². The number of nitrogens with zero attached hydrogens (tertiary/aromatic N) is 1. The van der Waals surface area contributed by atoms with Crippen LogP contribution in [0.4, 0.5) is 0 Å². The summed E-state index contributed by atoms with van der Waals surface area (Å²) in [6.07, 6.45) is 1.91. The maximum absolute atomic E-state index is 12.5. The molecule has 0 amide bonds. The molecule has 20 heavy (non-hydrogen) atoms. The molecular weight excluding hydrogens is 272 g/mol. The van der Waals surface area contributed by atoms with Crippen molar-refractivity contribution in [2.75, 3.05) is 19.6 Å². The number of benzene rings is 1. The van der Waals surface area contributed by atoms with Gasteiger partial charge >= 0.3 is 0 Å². The summed E-state index contributed by atoms with van der Waals surface area (Å²) in [4.78, 5) is 0.391. The van der Waals surface area contributed by atoms with Crippen molar-refractivity contribution < 1.29 is 8.42 Å². The van der Waals surface area contributed by atoms with Crippen LogP contribution in [0.25, 0.3) is 0 Å². The van der Waals surface area contributed by atoms with Crippen LogP contribution >= 0.6 is 0 Å². The summed E-state index contributed by atoms with van der Waals surface area (Å²) in [5.41, 5.74) is 6.81. The maximum Gasteiger partial charge on any atom is 0.243 e. The lowest BCUT2D eigenvalue weighted by molar-refractivity contribution is 0.459. The first kappa shape index (κ1) is 15.5. The van der Waals surface area contributed by atoms with Gasteiger partial charge in [0.1, 0.15) is 0 Å². The average Bonchev–Trinajstić information content (AvgIpc) is 2.96. The van der Waals surface area contributed by atoms with E-state index in [0.29, 0.717) is 36.4 Å². The van der Waals surface area contributed by atoms with Crippen molar-refractivity contribution in [3.63, 3.8) is 0 Å². The summed E-state index contributed by atoms with van der Waals surface area (Å²) in [6, 6.07) is 7.31. The number of nitrogens with two attached hydrogens (primary N) is 1. The van der Waals surface area contributed by atoms with Gasteiger partial charge in [0, 0.05) is 13.1 Å². The van der Waals surface area contributed by atoms with Crippen molar-refractivity contribution >= 4 is 10.0 Å². The van der Waals surface area contributed by atoms with E-state index in [1.807, 2.05) is 12.1 Å². The van der Waals surface area contributed by atoms with Crippen LogP contribution in [0.2, 0.25) is 0 Å². The molecular formula is C15H24N2O2S. The molecule has 1 fully saturated rings. The molecule has 112 valence electrons. The number of rotatable bonds is 5. The summed E-state index contributed by atoms with van der Waals surface area (Å²) in [5, 5.41) is 0. The normalized spacial score (nSPS) is 22.1. The van der Waals surface area contributed by atoms with E-state index in [4.69, 9.17) is 5.73 Å². The van der Waals surface area contributed by atoms with E-state index in [1.165, 1.54) is 5.56 Å². The second-order valence-corrected chi connectivity index (χ2v) is 7.57. The monoisotopic (exact) mass is 296 g/mol. The molecule has 2 rings (SSSR count). The van der Waals surface area contributed by atoms with Crippen molar-refractivity contribution in [3.8, 4) is 0 Å². The van der Waals surface area contributed by atoms with Gasteiger partial charge < -0.3 is 5.73 Å². The van der Waals surface area contributed by atoms with Gasteiger partial charge in [-0.25, -0.2) is 8.42 Å². The van der Waals surface area contributed by atoms with Gasteiger partial charge in [0.25, 0.3) is 0 Å². The first-order valence-electron chi connectivity index (χ1n) is 7.29. The second kappa shape index (κ2) is 6.24. The highest BCUT2D eigenvalue weighted by Crippen LogP contribution is 2.25. The van der Waals surface area contributed by atoms with Gasteiger partial charge in [-0.1, -0.05) is 26.0 Å². The molecule has 1 aromatic carbocycles. The minimum Gasteiger partial charge on any atom is -0.330 e. The summed E-state index contributed by atoms with van der Waals surface area (Å²) in [7, 11) is -3.35. The van der Waals surface area contributed by atoms with Crippen LogP contribution in [0.5, 0.6) is 0 Å². The molecule has 1 aliphatic heterocycles. The maximum atomic E-state index is 12.5. The van der Waals surface area contributed by atoms with Gasteiger partial charge in [-0.3, -0.25) is 0 Å². The van der Waals surface area contributed by atoms with Crippen LogP contribution < -0.4 is 5.73 Å². The Kier molecular flexibility index (Phi) is 4.83. The fourth-order valence-electron chi connectivity index (χ4n) is 2.56. The van der Waals surface area contributed by atoms with E-state index in [0.717, 1.165) is 12.8 Å². The van der Waals surface area contributed by atoms with Gasteiger partial charge in [0.2, 0.25) is 10.0 Å². The van der Waals surface area contributed by atoms with Crippen molar-refractivity contribution in [3.05, 3.63) is 29.8 Å². The Hall–Kier alpha value is -0.910. The number of hydrogen-bond acceptors (Lipinski definition) is 3. The third-order valence-electron chi connectivity index (χ3n) is 4.28. The number of sulfonamides is 1. The Labute approximate surface area is 122 Å². The minimum absolute atomic E-state index is 0.296. The molecule has 0 aromatic heterocycles. The molecule has 2 atom stereocenters. The zero-order chi connectivity index (χ0) is 14.8. The second-order valence-electron chi connectivity index (χ2n) is 5.63. The Balaban J connectivity index is 2.18. The van der Waals surface area contributed by atoms with Gasteiger partial charge in [0.15, 0.2) is 0 Å². The first-order chi connectivity index (χ1) is 9.48. The van der Waals surface area contributed by atoms with Crippen LogP contribution in [0.1, 0.15) is 38.2 Å². The van der Waals surface area contributed by atoms with Crippen molar-refractivity contribution in [1.82, 2.24) is 4.31 Å². The van der Waals surface area contributed by atoms with Crippen molar-refractivity contribution in [2.45, 2.75) is 37.5 Å². The zero-order valence-electron chi connectivity index (χ0n) is 12.2. The Morgan fingerprint density at radius 3 is 2.50 bits per heavy atom. The highest BCUT2D eigenvalue weighted by atomic mass is 32.2. The van der Waals surface area contributed by atoms with Crippen molar-refractivity contribution in [2.24, 2.45) is 11.7 Å². The SMILES string of the molecule is CCC(C)c1ccc(S(=O)(=O)N2CCC(CN)C2)cc1. The minimum atomic E-state index is -3.35. The smallest absolute Gasteiger partial charge is 0.243 e. The Morgan fingerprint density at radius 2 is 2.00 bits per heavy atom. The molecule has 1 heterocycles. The van der Waals surface area contributed by atoms with Gasteiger partial charge in [-0.15, -0.1) is 0 Å². The van der Waals surface area contributed by atoms with Crippen LogP contribution in [0.3, 0.4) is 0 Å². The summed E-state index contributed by atoms with van der Waals surface area (Å²) in [5.74, 6) is 0.754. The lowest BCUT2D eigenvalue weighted by atomic mass is 9.99. The third-order valence-corrected chi connectivity index (χ3v) is 6.16. The molecule has 0 radical (unpaired) electrons. The van der Waals surface area contributed by atoms with Gasteiger partial charge in [0.05, 0.1) is 4.90 Å². The van der Waals surface area contributed by atoms with Gasteiger partial charge in [-0.05, 0) is 48.9 Å². The van der Waals surface area contributed by atoms with Crippen molar-refractivity contribution in [1.29, 1.82) is 0 Å². The van der Waals surface area contributed by atoms with E-state index >= 15 is 0 Å². The number of hydrogen-bond donors (Lipinski definition) is 1. The Morgan fingerprint density at radius 1 is 1.35 bits per heavy atom. The van der Waals surface area contributed by atoms with Crippen LogP contribution in [0.15, 0.2) is 29.2 Å². The van der Waals surface area contributed by atoms with E-state index in [1.54, 1.807) is 16.4 Å². The first-order valence-corrected chi connectivity index (χ1v) is 8.73. The molecule has 0 bridgehead atoms. The van der Waals surface area contributed by atoms with E-state index in [9.17, 15) is 8.42 Å². The molecule has 2 unspecified atom stereocenters. The molecule has 1 aromatic rings. The van der Waals surface area contributed by atoms with Crippen LogP contribution in [-0.2, 0) is 10.0 Å². The lowest BCUT2D eigenvalue weighted by Crippen LogP contribution is -2.30. The van der Waals surface area contributed by atoms with E-state index < -0.39 is 10.0 Å². The molecule has 4 nitrogen and oxygen atoms in total.